The molecule has 7 nitrogen and oxygen atoms in total. The summed E-state index contributed by atoms with van der Waals surface area (Å²) < 4.78 is 17.1. The number of carbonyl (C=O) groups excluding carboxylic acids is 2. The van der Waals surface area contributed by atoms with E-state index in [2.05, 4.69) is 5.32 Å². The Hall–Kier alpha value is -2.83. The number of hydrogen-bond acceptors (Lipinski definition) is 6. The molecule has 0 fully saturated rings. The molecule has 0 saturated carbocycles. The van der Waals surface area contributed by atoms with Crippen molar-refractivity contribution in [2.75, 3.05) is 0 Å². The maximum atomic E-state index is 12.6. The number of fused-ring (bicyclic) bond motifs is 3. The van der Waals surface area contributed by atoms with Gasteiger partial charge in [-0.3, -0.25) is 9.59 Å². The fraction of sp³-hybridized carbons (Fsp3) is 0.476. The van der Waals surface area contributed by atoms with Gasteiger partial charge in [0, 0.05) is 24.8 Å². The second-order valence-electron chi connectivity index (χ2n) is 8.03. The Morgan fingerprint density at radius 2 is 1.89 bits per heavy atom. The van der Waals surface area contributed by atoms with Crippen molar-refractivity contribution < 1.29 is 23.5 Å². The Morgan fingerprint density at radius 3 is 2.54 bits per heavy atom. The van der Waals surface area contributed by atoms with E-state index in [0.29, 0.717) is 28.7 Å². The molecule has 28 heavy (non-hydrogen) atoms. The zero-order chi connectivity index (χ0) is 20.6. The lowest BCUT2D eigenvalue weighted by atomic mass is 9.85. The van der Waals surface area contributed by atoms with Crippen molar-refractivity contribution in [1.29, 1.82) is 0 Å². The van der Waals surface area contributed by atoms with Crippen LogP contribution in [-0.4, -0.2) is 23.6 Å². The van der Waals surface area contributed by atoms with Gasteiger partial charge in [0.25, 0.3) is 0 Å². The lowest BCUT2D eigenvalue weighted by Crippen LogP contribution is -2.55. The number of rotatable bonds is 4. The molecule has 0 spiro atoms. The lowest BCUT2D eigenvalue weighted by molar-refractivity contribution is -0.164. The molecule has 2 heterocycles. The molecule has 1 aliphatic rings. The first kappa shape index (κ1) is 19.9. The summed E-state index contributed by atoms with van der Waals surface area (Å²) in [7, 11) is 0. The van der Waals surface area contributed by atoms with Gasteiger partial charge in [0.1, 0.15) is 23.0 Å². The molecule has 7 heteroatoms. The summed E-state index contributed by atoms with van der Waals surface area (Å²) in [5.74, 6) is -0.0407. The first-order chi connectivity index (χ1) is 13.1. The first-order valence-corrected chi connectivity index (χ1v) is 9.31. The number of carbonyl (C=O) groups is 2. The fourth-order valence-corrected chi connectivity index (χ4v) is 3.55. The summed E-state index contributed by atoms with van der Waals surface area (Å²) in [6.07, 6.45) is -0.487. The smallest absolute Gasteiger partial charge is 0.336 e. The molecule has 1 aromatic carbocycles. The molecule has 2 atom stereocenters. The number of nitrogens with one attached hydrogen (secondary N) is 1. The standard InChI is InChI=1S/C21H25NO6/c1-11(2)10-15(24)22-18-17-14(28-21(4,5)20(18)26-12(3)23)8-6-13-7-9-16(25)27-19(13)17/h6-9,11,18,20H,10H2,1-5H3,(H,22,24)/t18-,20+/m1/s1. The van der Waals surface area contributed by atoms with Crippen LogP contribution in [0.4, 0.5) is 0 Å². The summed E-state index contributed by atoms with van der Waals surface area (Å²) in [6.45, 7) is 8.77. The van der Waals surface area contributed by atoms with Crippen LogP contribution >= 0.6 is 0 Å². The fourth-order valence-electron chi connectivity index (χ4n) is 3.55. The Labute approximate surface area is 163 Å². The molecule has 0 radical (unpaired) electrons. The number of ether oxygens (including phenoxy) is 2. The zero-order valence-corrected chi connectivity index (χ0v) is 16.7. The molecule has 0 bridgehead atoms. The Balaban J connectivity index is 2.20. The van der Waals surface area contributed by atoms with Gasteiger partial charge in [-0.25, -0.2) is 4.79 Å². The molecular weight excluding hydrogens is 362 g/mol. The maximum absolute atomic E-state index is 12.6. The van der Waals surface area contributed by atoms with Crippen LogP contribution in [0.25, 0.3) is 11.0 Å². The summed E-state index contributed by atoms with van der Waals surface area (Å²) in [5.41, 5.74) is -0.607. The topological polar surface area (TPSA) is 94.8 Å². The highest BCUT2D eigenvalue weighted by Crippen LogP contribution is 2.44. The van der Waals surface area contributed by atoms with Crippen molar-refractivity contribution in [2.24, 2.45) is 5.92 Å². The molecule has 2 aromatic rings. The van der Waals surface area contributed by atoms with Gasteiger partial charge in [0.15, 0.2) is 6.10 Å². The van der Waals surface area contributed by atoms with E-state index in [9.17, 15) is 14.4 Å². The number of hydrogen-bond donors (Lipinski definition) is 1. The van der Waals surface area contributed by atoms with Gasteiger partial charge in [-0.1, -0.05) is 13.8 Å². The van der Waals surface area contributed by atoms with Crippen LogP contribution in [0, 0.1) is 5.92 Å². The molecule has 1 amide bonds. The van der Waals surface area contributed by atoms with Crippen molar-refractivity contribution in [3.05, 3.63) is 40.2 Å². The van der Waals surface area contributed by atoms with Gasteiger partial charge < -0.3 is 19.2 Å². The molecular formula is C21H25NO6. The Kier molecular flexibility index (Phi) is 5.19. The Bertz CT molecular complexity index is 975. The number of benzene rings is 1. The van der Waals surface area contributed by atoms with Crippen molar-refractivity contribution in [3.63, 3.8) is 0 Å². The van der Waals surface area contributed by atoms with Gasteiger partial charge in [-0.15, -0.1) is 0 Å². The molecule has 0 aliphatic carbocycles. The van der Waals surface area contributed by atoms with E-state index in [1.54, 1.807) is 32.0 Å². The van der Waals surface area contributed by atoms with E-state index >= 15 is 0 Å². The maximum Gasteiger partial charge on any atom is 0.336 e. The minimum atomic E-state index is -0.906. The van der Waals surface area contributed by atoms with Crippen molar-refractivity contribution in [2.45, 2.75) is 58.8 Å². The quantitative estimate of drug-likeness (QED) is 0.640. The van der Waals surface area contributed by atoms with E-state index in [4.69, 9.17) is 13.9 Å². The third-order valence-corrected chi connectivity index (χ3v) is 4.66. The van der Waals surface area contributed by atoms with Crippen molar-refractivity contribution >= 4 is 22.8 Å². The molecule has 0 unspecified atom stereocenters. The molecule has 1 aromatic heterocycles. The highest BCUT2D eigenvalue weighted by Gasteiger charge is 2.48. The second kappa shape index (κ2) is 7.30. The van der Waals surface area contributed by atoms with Gasteiger partial charge in [0.2, 0.25) is 5.91 Å². The highest BCUT2D eigenvalue weighted by atomic mass is 16.6. The van der Waals surface area contributed by atoms with Crippen LogP contribution in [0.1, 0.15) is 52.6 Å². The first-order valence-electron chi connectivity index (χ1n) is 9.31. The van der Waals surface area contributed by atoms with Crippen LogP contribution < -0.4 is 15.7 Å². The second-order valence-corrected chi connectivity index (χ2v) is 8.03. The van der Waals surface area contributed by atoms with Crippen molar-refractivity contribution in [3.8, 4) is 5.75 Å². The number of esters is 1. The molecule has 3 rings (SSSR count). The van der Waals surface area contributed by atoms with Gasteiger partial charge in [-0.05, 0) is 38.0 Å². The number of amides is 1. The Morgan fingerprint density at radius 1 is 1.21 bits per heavy atom. The highest BCUT2D eigenvalue weighted by molar-refractivity contribution is 5.85. The molecule has 1 N–H and O–H groups in total. The average Bonchev–Trinajstić information content (AvgIpc) is 2.56. The van der Waals surface area contributed by atoms with E-state index in [1.165, 1.54) is 13.0 Å². The van der Waals surface area contributed by atoms with Crippen LogP contribution in [-0.2, 0) is 14.3 Å². The van der Waals surface area contributed by atoms with Crippen LogP contribution in [0.2, 0.25) is 0 Å². The summed E-state index contributed by atoms with van der Waals surface area (Å²) in [5, 5.41) is 3.66. The van der Waals surface area contributed by atoms with Gasteiger partial charge >= 0.3 is 11.6 Å². The predicted molar refractivity (Wildman–Crippen MR) is 103 cm³/mol. The van der Waals surface area contributed by atoms with E-state index in [0.717, 1.165) is 0 Å². The third kappa shape index (κ3) is 3.88. The summed E-state index contributed by atoms with van der Waals surface area (Å²) in [4.78, 5) is 36.2. The lowest BCUT2D eigenvalue weighted by Gasteiger charge is -2.44. The van der Waals surface area contributed by atoms with Crippen LogP contribution in [0.5, 0.6) is 5.75 Å². The summed E-state index contributed by atoms with van der Waals surface area (Å²) in [6, 6.07) is 5.81. The van der Waals surface area contributed by atoms with E-state index in [-0.39, 0.29) is 11.8 Å². The van der Waals surface area contributed by atoms with Crippen LogP contribution in [0.3, 0.4) is 0 Å². The van der Waals surface area contributed by atoms with Gasteiger partial charge in [0.05, 0.1) is 5.56 Å². The van der Waals surface area contributed by atoms with Crippen molar-refractivity contribution in [1.82, 2.24) is 5.32 Å². The predicted octanol–water partition coefficient (Wildman–Crippen LogP) is 3.10. The average molecular weight is 387 g/mol. The van der Waals surface area contributed by atoms with Gasteiger partial charge in [-0.2, -0.15) is 0 Å². The molecule has 0 saturated heterocycles. The SMILES string of the molecule is CC(=O)O[C@H]1[C@H](NC(=O)CC(C)C)c2c(ccc3ccc(=O)oc23)OC1(C)C. The molecule has 150 valence electrons. The largest absolute Gasteiger partial charge is 0.483 e. The minimum Gasteiger partial charge on any atom is -0.483 e. The minimum absolute atomic E-state index is 0.157. The summed E-state index contributed by atoms with van der Waals surface area (Å²) >= 11 is 0. The van der Waals surface area contributed by atoms with Crippen LogP contribution in [0.15, 0.2) is 33.5 Å². The van der Waals surface area contributed by atoms with E-state index in [1.807, 2.05) is 13.8 Å². The molecule has 1 aliphatic heterocycles. The zero-order valence-electron chi connectivity index (χ0n) is 16.7. The third-order valence-electron chi connectivity index (χ3n) is 4.66. The monoisotopic (exact) mass is 387 g/mol. The van der Waals surface area contributed by atoms with E-state index < -0.39 is 29.3 Å². The normalized spacial score (nSPS) is 20.4.